The fourth-order valence-corrected chi connectivity index (χ4v) is 3.08. The van der Waals surface area contributed by atoms with Gasteiger partial charge >= 0.3 is 0 Å². The highest BCUT2D eigenvalue weighted by molar-refractivity contribution is 6.06. The van der Waals surface area contributed by atoms with Crippen molar-refractivity contribution in [3.63, 3.8) is 0 Å². The second kappa shape index (κ2) is 9.21. The summed E-state index contributed by atoms with van der Waals surface area (Å²) < 4.78 is 11.9. The lowest BCUT2D eigenvalue weighted by molar-refractivity contribution is 0.0949. The first-order chi connectivity index (χ1) is 14.5. The maximum atomic E-state index is 12.8. The third-order valence-electron chi connectivity index (χ3n) is 4.64. The van der Waals surface area contributed by atoms with Crippen molar-refractivity contribution in [1.82, 2.24) is 15.2 Å². The van der Waals surface area contributed by atoms with Gasteiger partial charge in [0.25, 0.3) is 11.5 Å². The molecule has 1 N–H and O–H groups in total. The molecule has 30 heavy (non-hydrogen) atoms. The van der Waals surface area contributed by atoms with Crippen LogP contribution in [0.5, 0.6) is 11.5 Å². The van der Waals surface area contributed by atoms with Crippen LogP contribution < -0.4 is 20.5 Å². The number of aryl methyl sites for hydroxylation is 1. The van der Waals surface area contributed by atoms with E-state index in [1.807, 2.05) is 13.0 Å². The van der Waals surface area contributed by atoms with Crippen molar-refractivity contribution in [2.75, 3.05) is 14.2 Å². The van der Waals surface area contributed by atoms with Crippen LogP contribution in [0.15, 0.2) is 52.4 Å². The molecule has 0 bridgehead atoms. The predicted molar refractivity (Wildman–Crippen MR) is 116 cm³/mol. The Morgan fingerprint density at radius 2 is 1.80 bits per heavy atom. The number of hydrogen-bond acceptors (Lipinski definition) is 6. The van der Waals surface area contributed by atoms with Crippen LogP contribution in [0.2, 0.25) is 0 Å². The van der Waals surface area contributed by atoms with E-state index in [1.54, 1.807) is 57.5 Å². The van der Waals surface area contributed by atoms with E-state index in [2.05, 4.69) is 15.6 Å². The molecule has 0 aliphatic heterocycles. The van der Waals surface area contributed by atoms with Crippen LogP contribution in [-0.2, 0) is 6.54 Å². The topological polar surface area (TPSA) is 94.8 Å². The summed E-state index contributed by atoms with van der Waals surface area (Å²) in [4.78, 5) is 25.4. The fraction of sp³-hybridized carbons (Fsp3) is 0.273. The zero-order chi connectivity index (χ0) is 21.7. The van der Waals surface area contributed by atoms with Gasteiger partial charge in [0, 0.05) is 17.5 Å². The summed E-state index contributed by atoms with van der Waals surface area (Å²) in [6.07, 6.45) is 0.725. The fourth-order valence-electron chi connectivity index (χ4n) is 3.08. The van der Waals surface area contributed by atoms with Crippen LogP contribution in [0.4, 0.5) is 0 Å². The zero-order valence-corrected chi connectivity index (χ0v) is 17.4. The molecule has 1 amide bonds. The average molecular weight is 408 g/mol. The number of hydrazone groups is 1. The number of ether oxygens (including phenoxy) is 2. The molecule has 0 saturated carbocycles. The van der Waals surface area contributed by atoms with E-state index in [0.29, 0.717) is 34.5 Å². The SMILES string of the molecule is CCCn1nc(C(=O)N/N=C(\C)c2ccc(OC)c(OC)c2)c2ccccc2c1=O. The number of carbonyl (C=O) groups is 1. The minimum atomic E-state index is -0.490. The van der Waals surface area contributed by atoms with Crippen molar-refractivity contribution in [1.29, 1.82) is 0 Å². The van der Waals surface area contributed by atoms with Crippen molar-refractivity contribution in [2.45, 2.75) is 26.8 Å². The second-order valence-corrected chi connectivity index (χ2v) is 6.63. The van der Waals surface area contributed by atoms with Crippen molar-refractivity contribution in [2.24, 2.45) is 5.10 Å². The van der Waals surface area contributed by atoms with Crippen molar-refractivity contribution < 1.29 is 14.3 Å². The molecule has 1 aromatic heterocycles. The number of nitrogens with zero attached hydrogens (tertiary/aromatic N) is 3. The minimum Gasteiger partial charge on any atom is -0.493 e. The summed E-state index contributed by atoms with van der Waals surface area (Å²) in [7, 11) is 3.12. The molecule has 0 aliphatic carbocycles. The van der Waals surface area contributed by atoms with Gasteiger partial charge in [-0.05, 0) is 37.6 Å². The van der Waals surface area contributed by atoms with Crippen molar-refractivity contribution in [3.8, 4) is 11.5 Å². The lowest BCUT2D eigenvalue weighted by atomic mass is 10.1. The van der Waals surface area contributed by atoms with Gasteiger partial charge < -0.3 is 9.47 Å². The standard InChI is InChI=1S/C22H24N4O4/c1-5-12-26-22(28)17-9-7-6-8-16(17)20(25-26)21(27)24-23-14(2)15-10-11-18(29-3)19(13-15)30-4/h6-11,13H,5,12H2,1-4H3,(H,24,27)/b23-14+. The highest BCUT2D eigenvalue weighted by Crippen LogP contribution is 2.27. The number of rotatable bonds is 7. The molecule has 3 aromatic rings. The highest BCUT2D eigenvalue weighted by atomic mass is 16.5. The Bertz CT molecular complexity index is 1170. The van der Waals surface area contributed by atoms with Gasteiger partial charge in [-0.3, -0.25) is 9.59 Å². The van der Waals surface area contributed by atoms with Gasteiger partial charge in [-0.2, -0.15) is 10.2 Å². The first-order valence-corrected chi connectivity index (χ1v) is 9.57. The zero-order valence-electron chi connectivity index (χ0n) is 17.4. The third kappa shape index (κ3) is 4.17. The van der Waals surface area contributed by atoms with E-state index in [0.717, 1.165) is 12.0 Å². The molecule has 0 atom stereocenters. The van der Waals surface area contributed by atoms with E-state index < -0.39 is 5.91 Å². The number of nitrogens with one attached hydrogen (secondary N) is 1. The largest absolute Gasteiger partial charge is 0.493 e. The molecular formula is C22H24N4O4. The highest BCUT2D eigenvalue weighted by Gasteiger charge is 2.16. The molecule has 8 heteroatoms. The predicted octanol–water partition coefficient (Wildman–Crippen LogP) is 2.98. The Kier molecular flexibility index (Phi) is 6.46. The first-order valence-electron chi connectivity index (χ1n) is 9.57. The van der Waals surface area contributed by atoms with E-state index in [9.17, 15) is 9.59 Å². The van der Waals surface area contributed by atoms with Gasteiger partial charge in [-0.25, -0.2) is 10.1 Å². The smallest absolute Gasteiger partial charge is 0.292 e. The molecule has 0 fully saturated rings. The van der Waals surface area contributed by atoms with Crippen LogP contribution in [0, 0.1) is 0 Å². The Labute approximate surface area is 174 Å². The molecule has 8 nitrogen and oxygen atoms in total. The number of carbonyl (C=O) groups excluding carboxylic acids is 1. The van der Waals surface area contributed by atoms with Gasteiger partial charge in [0.05, 0.1) is 25.3 Å². The second-order valence-electron chi connectivity index (χ2n) is 6.63. The van der Waals surface area contributed by atoms with Crippen LogP contribution in [-0.4, -0.2) is 35.6 Å². The van der Waals surface area contributed by atoms with E-state index in [4.69, 9.17) is 9.47 Å². The molecule has 0 radical (unpaired) electrons. The van der Waals surface area contributed by atoms with E-state index in [1.165, 1.54) is 4.68 Å². The maximum Gasteiger partial charge on any atom is 0.292 e. The quantitative estimate of drug-likeness (QED) is 0.479. The van der Waals surface area contributed by atoms with Crippen LogP contribution in [0.25, 0.3) is 10.8 Å². The molecule has 3 rings (SSSR count). The molecule has 1 heterocycles. The van der Waals surface area contributed by atoms with Gasteiger partial charge in [0.1, 0.15) is 0 Å². The summed E-state index contributed by atoms with van der Waals surface area (Å²) in [6, 6.07) is 12.3. The Balaban J connectivity index is 1.93. The van der Waals surface area contributed by atoms with Crippen molar-refractivity contribution in [3.05, 3.63) is 64.1 Å². The van der Waals surface area contributed by atoms with Crippen LogP contribution >= 0.6 is 0 Å². The summed E-state index contributed by atoms with van der Waals surface area (Å²) in [5.41, 5.74) is 3.83. The van der Waals surface area contributed by atoms with Crippen LogP contribution in [0.1, 0.15) is 36.3 Å². The summed E-state index contributed by atoms with van der Waals surface area (Å²) in [5.74, 6) is 0.679. The number of hydrogen-bond donors (Lipinski definition) is 1. The number of aromatic nitrogens is 2. The molecule has 0 aliphatic rings. The molecule has 156 valence electrons. The number of fused-ring (bicyclic) bond motifs is 1. The van der Waals surface area contributed by atoms with Gasteiger partial charge in [0.15, 0.2) is 17.2 Å². The Hall–Kier alpha value is -3.68. The Morgan fingerprint density at radius 3 is 2.47 bits per heavy atom. The summed E-state index contributed by atoms with van der Waals surface area (Å²) in [6.45, 7) is 4.14. The number of methoxy groups -OCH3 is 2. The molecule has 0 saturated heterocycles. The van der Waals surface area contributed by atoms with Crippen molar-refractivity contribution >= 4 is 22.4 Å². The number of amides is 1. The lowest BCUT2D eigenvalue weighted by Gasteiger charge is -2.11. The minimum absolute atomic E-state index is 0.155. The Morgan fingerprint density at radius 1 is 1.10 bits per heavy atom. The average Bonchev–Trinajstić information content (AvgIpc) is 2.78. The molecule has 0 unspecified atom stereocenters. The third-order valence-corrected chi connectivity index (χ3v) is 4.64. The molecule has 0 spiro atoms. The van der Waals surface area contributed by atoms with Crippen LogP contribution in [0.3, 0.4) is 0 Å². The summed E-state index contributed by atoms with van der Waals surface area (Å²) >= 11 is 0. The van der Waals surface area contributed by atoms with Gasteiger partial charge in [-0.15, -0.1) is 0 Å². The first kappa shape index (κ1) is 21.0. The van der Waals surface area contributed by atoms with Gasteiger partial charge in [-0.1, -0.05) is 25.1 Å². The summed E-state index contributed by atoms with van der Waals surface area (Å²) in [5, 5.41) is 9.42. The normalized spacial score (nSPS) is 11.4. The molecular weight excluding hydrogens is 384 g/mol. The maximum absolute atomic E-state index is 12.8. The monoisotopic (exact) mass is 408 g/mol. The van der Waals surface area contributed by atoms with E-state index in [-0.39, 0.29) is 11.3 Å². The van der Waals surface area contributed by atoms with Gasteiger partial charge in [0.2, 0.25) is 0 Å². The molecule has 2 aromatic carbocycles. The number of benzene rings is 2. The lowest BCUT2D eigenvalue weighted by Crippen LogP contribution is -2.29. The van der Waals surface area contributed by atoms with E-state index >= 15 is 0 Å².